The molecule has 2 rings (SSSR count). The molecule has 2 aromatic carbocycles. The second-order valence-electron chi connectivity index (χ2n) is 4.48. The van der Waals surface area contributed by atoms with Gasteiger partial charge in [0.15, 0.2) is 11.5 Å². The van der Waals surface area contributed by atoms with E-state index in [1.807, 2.05) is 31.3 Å². The van der Waals surface area contributed by atoms with E-state index in [1.54, 1.807) is 20.3 Å². The average molecular weight is 354 g/mol. The minimum Gasteiger partial charge on any atom is -0.493 e. The van der Waals surface area contributed by atoms with Crippen molar-refractivity contribution < 1.29 is 13.9 Å². The second-order valence-corrected chi connectivity index (χ2v) is 5.27. The van der Waals surface area contributed by atoms with Crippen molar-refractivity contribution >= 4 is 15.9 Å². The molecule has 3 nitrogen and oxygen atoms in total. The molecule has 0 spiro atoms. The first kappa shape index (κ1) is 15.8. The van der Waals surface area contributed by atoms with E-state index >= 15 is 0 Å². The Kier molecular flexibility index (Phi) is 5.20. The number of methoxy groups -OCH3 is 2. The highest BCUT2D eigenvalue weighted by Crippen LogP contribution is 2.35. The number of nitrogens with one attached hydrogen (secondary N) is 1. The molecule has 5 heteroatoms. The molecule has 0 aromatic heterocycles. The van der Waals surface area contributed by atoms with Gasteiger partial charge in [-0.05, 0) is 52.3 Å². The predicted octanol–water partition coefficient (Wildman–Crippen LogP) is 3.91. The van der Waals surface area contributed by atoms with Crippen molar-refractivity contribution in [2.75, 3.05) is 21.3 Å². The van der Waals surface area contributed by atoms with Crippen LogP contribution in [0.2, 0.25) is 0 Å². The quantitative estimate of drug-likeness (QED) is 0.883. The van der Waals surface area contributed by atoms with Gasteiger partial charge >= 0.3 is 0 Å². The summed E-state index contributed by atoms with van der Waals surface area (Å²) in [7, 11) is 5.02. The molecule has 0 saturated heterocycles. The summed E-state index contributed by atoms with van der Waals surface area (Å²) in [5, 5.41) is 3.20. The average Bonchev–Trinajstić information content (AvgIpc) is 2.51. The van der Waals surface area contributed by atoms with Crippen LogP contribution in [-0.4, -0.2) is 21.3 Å². The van der Waals surface area contributed by atoms with E-state index in [-0.39, 0.29) is 11.9 Å². The van der Waals surface area contributed by atoms with Gasteiger partial charge < -0.3 is 14.8 Å². The zero-order valence-electron chi connectivity index (χ0n) is 12.1. The van der Waals surface area contributed by atoms with Crippen molar-refractivity contribution in [3.05, 3.63) is 57.8 Å². The van der Waals surface area contributed by atoms with Crippen LogP contribution in [0.15, 0.2) is 40.9 Å². The highest BCUT2D eigenvalue weighted by Gasteiger charge is 2.18. The summed E-state index contributed by atoms with van der Waals surface area (Å²) >= 11 is 3.31. The van der Waals surface area contributed by atoms with Crippen LogP contribution in [0.3, 0.4) is 0 Å². The van der Waals surface area contributed by atoms with Crippen molar-refractivity contribution in [3.63, 3.8) is 0 Å². The third-order valence-corrected chi connectivity index (χ3v) is 4.16. The van der Waals surface area contributed by atoms with Crippen LogP contribution >= 0.6 is 15.9 Å². The molecule has 0 aliphatic heterocycles. The van der Waals surface area contributed by atoms with Gasteiger partial charge in [0.05, 0.1) is 24.7 Å². The molecular formula is C16H17BrFNO2. The fraction of sp³-hybridized carbons (Fsp3) is 0.250. The molecule has 2 aromatic rings. The zero-order valence-corrected chi connectivity index (χ0v) is 13.7. The minimum atomic E-state index is -0.284. The Morgan fingerprint density at radius 3 is 2.43 bits per heavy atom. The van der Waals surface area contributed by atoms with Crippen molar-refractivity contribution in [1.29, 1.82) is 0 Å². The maximum absolute atomic E-state index is 13.7. The lowest BCUT2D eigenvalue weighted by Gasteiger charge is -2.20. The van der Waals surface area contributed by atoms with Gasteiger partial charge in [0.1, 0.15) is 5.82 Å². The van der Waals surface area contributed by atoms with Crippen LogP contribution in [0.5, 0.6) is 11.5 Å². The Hall–Kier alpha value is -1.59. The summed E-state index contributed by atoms with van der Waals surface area (Å²) < 4.78 is 24.8. The Morgan fingerprint density at radius 1 is 1.10 bits per heavy atom. The standard InChI is InChI=1S/C16H17BrFNO2/c1-19-16(11-5-4-6-12(18)15(11)17)10-7-8-13(20-2)14(9-10)21-3/h4-9,16,19H,1-3H3. The van der Waals surface area contributed by atoms with Gasteiger partial charge in [-0.2, -0.15) is 0 Å². The molecule has 0 radical (unpaired) electrons. The maximum atomic E-state index is 13.7. The van der Waals surface area contributed by atoms with Gasteiger partial charge in [-0.15, -0.1) is 0 Å². The molecular weight excluding hydrogens is 337 g/mol. The van der Waals surface area contributed by atoms with Crippen molar-refractivity contribution in [2.45, 2.75) is 6.04 Å². The fourth-order valence-electron chi connectivity index (χ4n) is 2.28. The number of benzene rings is 2. The molecule has 1 unspecified atom stereocenters. The molecule has 0 heterocycles. The normalized spacial score (nSPS) is 12.0. The summed E-state index contributed by atoms with van der Waals surface area (Å²) in [4.78, 5) is 0. The third-order valence-electron chi connectivity index (χ3n) is 3.32. The smallest absolute Gasteiger partial charge is 0.161 e. The van der Waals surface area contributed by atoms with Crippen LogP contribution in [0.4, 0.5) is 4.39 Å². The first-order valence-electron chi connectivity index (χ1n) is 6.45. The molecule has 0 bridgehead atoms. The molecule has 1 N–H and O–H groups in total. The second kappa shape index (κ2) is 6.91. The van der Waals surface area contributed by atoms with Gasteiger partial charge in [-0.3, -0.25) is 0 Å². The number of hydrogen-bond acceptors (Lipinski definition) is 3. The molecule has 0 aliphatic carbocycles. The first-order chi connectivity index (χ1) is 10.1. The lowest BCUT2D eigenvalue weighted by Crippen LogP contribution is -2.18. The van der Waals surface area contributed by atoms with Gasteiger partial charge in [0, 0.05) is 0 Å². The van der Waals surface area contributed by atoms with Gasteiger partial charge in [-0.25, -0.2) is 4.39 Å². The summed E-state index contributed by atoms with van der Waals surface area (Å²) in [6, 6.07) is 10.5. The summed E-state index contributed by atoms with van der Waals surface area (Å²) in [6.07, 6.45) is 0. The van der Waals surface area contributed by atoms with E-state index in [0.717, 1.165) is 11.1 Å². The fourth-order valence-corrected chi connectivity index (χ4v) is 2.77. The van der Waals surface area contributed by atoms with Crippen LogP contribution in [0.1, 0.15) is 17.2 Å². The number of halogens is 2. The van der Waals surface area contributed by atoms with Crippen molar-refractivity contribution in [3.8, 4) is 11.5 Å². The van der Waals surface area contributed by atoms with Crippen LogP contribution in [-0.2, 0) is 0 Å². The lowest BCUT2D eigenvalue weighted by molar-refractivity contribution is 0.354. The minimum absolute atomic E-state index is 0.158. The monoisotopic (exact) mass is 353 g/mol. The van der Waals surface area contributed by atoms with E-state index in [9.17, 15) is 4.39 Å². The largest absolute Gasteiger partial charge is 0.493 e. The Balaban J connectivity index is 2.49. The van der Waals surface area contributed by atoms with Crippen LogP contribution in [0, 0.1) is 5.82 Å². The van der Waals surface area contributed by atoms with Crippen molar-refractivity contribution in [1.82, 2.24) is 5.32 Å². The number of rotatable bonds is 5. The molecule has 21 heavy (non-hydrogen) atoms. The molecule has 0 fully saturated rings. The molecule has 1 atom stereocenters. The number of hydrogen-bond donors (Lipinski definition) is 1. The molecule has 0 aliphatic rings. The maximum Gasteiger partial charge on any atom is 0.161 e. The van der Waals surface area contributed by atoms with Gasteiger partial charge in [-0.1, -0.05) is 18.2 Å². The Labute approximate surface area is 132 Å². The van der Waals surface area contributed by atoms with Crippen molar-refractivity contribution in [2.24, 2.45) is 0 Å². The molecule has 112 valence electrons. The van der Waals surface area contributed by atoms with E-state index < -0.39 is 0 Å². The van der Waals surface area contributed by atoms with Gasteiger partial charge in [0.25, 0.3) is 0 Å². The molecule has 0 amide bonds. The Morgan fingerprint density at radius 2 is 1.81 bits per heavy atom. The third kappa shape index (κ3) is 3.19. The van der Waals surface area contributed by atoms with E-state index in [2.05, 4.69) is 21.2 Å². The van der Waals surface area contributed by atoms with E-state index in [1.165, 1.54) is 6.07 Å². The van der Waals surface area contributed by atoms with E-state index in [4.69, 9.17) is 9.47 Å². The summed E-state index contributed by atoms with van der Waals surface area (Å²) in [6.45, 7) is 0. The topological polar surface area (TPSA) is 30.5 Å². The lowest BCUT2D eigenvalue weighted by atomic mass is 9.98. The molecule has 0 saturated carbocycles. The highest BCUT2D eigenvalue weighted by molar-refractivity contribution is 9.10. The summed E-state index contributed by atoms with van der Waals surface area (Å²) in [5.41, 5.74) is 1.78. The van der Waals surface area contributed by atoms with E-state index in [0.29, 0.717) is 16.0 Å². The zero-order chi connectivity index (χ0) is 15.4. The van der Waals surface area contributed by atoms with Crippen LogP contribution < -0.4 is 14.8 Å². The Bertz CT molecular complexity index is 634. The highest BCUT2D eigenvalue weighted by atomic mass is 79.9. The van der Waals surface area contributed by atoms with Crippen LogP contribution in [0.25, 0.3) is 0 Å². The van der Waals surface area contributed by atoms with Gasteiger partial charge in [0.2, 0.25) is 0 Å². The first-order valence-corrected chi connectivity index (χ1v) is 7.24. The number of ether oxygens (including phenoxy) is 2. The SMILES string of the molecule is CNC(c1ccc(OC)c(OC)c1)c1cccc(F)c1Br. The predicted molar refractivity (Wildman–Crippen MR) is 84.5 cm³/mol. The summed E-state index contributed by atoms with van der Waals surface area (Å²) in [5.74, 6) is 1.02.